The molecule has 0 aromatic heterocycles. The van der Waals surface area contributed by atoms with E-state index in [4.69, 9.17) is 4.74 Å². The van der Waals surface area contributed by atoms with E-state index in [1.165, 1.54) is 22.4 Å². The lowest BCUT2D eigenvalue weighted by molar-refractivity contribution is 0.197. The molecule has 1 aromatic carbocycles. The second kappa shape index (κ2) is 10.5. The highest BCUT2D eigenvalue weighted by Gasteiger charge is 2.06. The van der Waals surface area contributed by atoms with E-state index in [1.807, 2.05) is 6.26 Å². The van der Waals surface area contributed by atoms with E-state index in [0.717, 1.165) is 24.7 Å². The van der Waals surface area contributed by atoms with Crippen molar-refractivity contribution in [2.24, 2.45) is 4.99 Å². The SMILES string of the molecule is COCCCN=C(Nc1c(C)cc(C)cc1C)SC.I. The minimum absolute atomic E-state index is 0. The van der Waals surface area contributed by atoms with Crippen molar-refractivity contribution in [1.29, 1.82) is 0 Å². The van der Waals surface area contributed by atoms with Crippen LogP contribution in [-0.2, 0) is 4.74 Å². The molecular weight excluding hydrogens is 383 g/mol. The number of nitrogens with one attached hydrogen (secondary N) is 1. The van der Waals surface area contributed by atoms with Crippen LogP contribution in [0.25, 0.3) is 0 Å². The third-order valence-electron chi connectivity index (χ3n) is 2.86. The molecule has 0 aliphatic carbocycles. The number of aryl methyl sites for hydroxylation is 3. The predicted molar refractivity (Wildman–Crippen MR) is 102 cm³/mol. The van der Waals surface area contributed by atoms with Crippen molar-refractivity contribution in [2.45, 2.75) is 27.2 Å². The zero-order valence-electron chi connectivity index (χ0n) is 12.9. The second-order valence-corrected chi connectivity index (χ2v) is 5.43. The zero-order chi connectivity index (χ0) is 14.3. The zero-order valence-corrected chi connectivity index (χ0v) is 16.1. The fraction of sp³-hybridized carbons (Fsp3) is 0.533. The molecule has 0 aliphatic rings. The lowest BCUT2D eigenvalue weighted by Crippen LogP contribution is -2.11. The van der Waals surface area contributed by atoms with Crippen LogP contribution < -0.4 is 5.32 Å². The van der Waals surface area contributed by atoms with Crippen LogP contribution in [0.15, 0.2) is 17.1 Å². The largest absolute Gasteiger partial charge is 0.385 e. The first-order chi connectivity index (χ1) is 9.08. The van der Waals surface area contributed by atoms with Crippen molar-refractivity contribution in [2.75, 3.05) is 31.8 Å². The molecule has 114 valence electrons. The van der Waals surface area contributed by atoms with Gasteiger partial charge in [-0.15, -0.1) is 24.0 Å². The molecule has 0 bridgehead atoms. The molecule has 0 unspecified atom stereocenters. The Morgan fingerprint density at radius 3 is 2.35 bits per heavy atom. The predicted octanol–water partition coefficient (Wildman–Crippen LogP) is 4.40. The first-order valence-corrected chi connectivity index (χ1v) is 7.73. The first kappa shape index (κ1) is 19.7. The van der Waals surface area contributed by atoms with Crippen LogP contribution in [0.5, 0.6) is 0 Å². The monoisotopic (exact) mass is 408 g/mol. The summed E-state index contributed by atoms with van der Waals surface area (Å²) >= 11 is 1.64. The van der Waals surface area contributed by atoms with E-state index in [-0.39, 0.29) is 24.0 Å². The average Bonchev–Trinajstić information content (AvgIpc) is 2.36. The Bertz CT molecular complexity index is 426. The highest BCUT2D eigenvalue weighted by Crippen LogP contribution is 2.23. The van der Waals surface area contributed by atoms with Gasteiger partial charge in [0.05, 0.1) is 0 Å². The van der Waals surface area contributed by atoms with Crippen molar-refractivity contribution in [3.05, 3.63) is 28.8 Å². The summed E-state index contributed by atoms with van der Waals surface area (Å²) in [5.41, 5.74) is 4.99. The lowest BCUT2D eigenvalue weighted by atomic mass is 10.1. The van der Waals surface area contributed by atoms with Gasteiger partial charge in [0, 0.05) is 25.9 Å². The number of methoxy groups -OCH3 is 1. The fourth-order valence-corrected chi connectivity index (χ4v) is 2.45. The van der Waals surface area contributed by atoms with E-state index in [9.17, 15) is 0 Å². The van der Waals surface area contributed by atoms with E-state index in [0.29, 0.717) is 0 Å². The summed E-state index contributed by atoms with van der Waals surface area (Å²) in [5, 5.41) is 4.41. The number of hydrogen-bond acceptors (Lipinski definition) is 3. The number of anilines is 1. The molecular formula is C15H25IN2OS. The molecule has 20 heavy (non-hydrogen) atoms. The van der Waals surface area contributed by atoms with Crippen molar-refractivity contribution in [1.82, 2.24) is 0 Å². The van der Waals surface area contributed by atoms with Crippen LogP contribution in [0, 0.1) is 20.8 Å². The van der Waals surface area contributed by atoms with Crippen LogP contribution in [0.2, 0.25) is 0 Å². The molecule has 0 radical (unpaired) electrons. The van der Waals surface area contributed by atoms with Gasteiger partial charge < -0.3 is 10.1 Å². The normalized spacial score (nSPS) is 11.2. The molecule has 1 rings (SSSR count). The number of amidine groups is 1. The van der Waals surface area contributed by atoms with Crippen molar-refractivity contribution in [3.63, 3.8) is 0 Å². The minimum atomic E-state index is 0. The number of aliphatic imine (C=N–C) groups is 1. The maximum atomic E-state index is 5.03. The lowest BCUT2D eigenvalue weighted by Gasteiger charge is -2.14. The molecule has 1 N–H and O–H groups in total. The number of ether oxygens (including phenoxy) is 1. The maximum Gasteiger partial charge on any atom is 0.160 e. The van der Waals surface area contributed by atoms with Gasteiger partial charge in [-0.25, -0.2) is 0 Å². The molecule has 0 spiro atoms. The van der Waals surface area contributed by atoms with E-state index < -0.39 is 0 Å². The summed E-state index contributed by atoms with van der Waals surface area (Å²) in [7, 11) is 1.72. The number of halogens is 1. The first-order valence-electron chi connectivity index (χ1n) is 6.50. The summed E-state index contributed by atoms with van der Waals surface area (Å²) in [6, 6.07) is 4.39. The Labute approximate surface area is 144 Å². The van der Waals surface area contributed by atoms with Gasteiger partial charge in [0.15, 0.2) is 5.17 Å². The molecule has 0 saturated carbocycles. The number of rotatable bonds is 5. The maximum absolute atomic E-state index is 5.03. The number of hydrogen-bond donors (Lipinski definition) is 1. The minimum Gasteiger partial charge on any atom is -0.385 e. The molecule has 3 nitrogen and oxygen atoms in total. The Hall–Kier alpha value is -0.270. The Balaban J connectivity index is 0.00000361. The van der Waals surface area contributed by atoms with Crippen LogP contribution in [0.4, 0.5) is 5.69 Å². The van der Waals surface area contributed by atoms with Crippen LogP contribution in [0.3, 0.4) is 0 Å². The smallest absolute Gasteiger partial charge is 0.160 e. The van der Waals surface area contributed by atoms with Crippen LogP contribution in [0.1, 0.15) is 23.1 Å². The van der Waals surface area contributed by atoms with Gasteiger partial charge in [-0.05, 0) is 44.6 Å². The average molecular weight is 408 g/mol. The van der Waals surface area contributed by atoms with Gasteiger partial charge >= 0.3 is 0 Å². The standard InChI is InChI=1S/C15H24N2OS.HI/c1-11-9-12(2)14(13(3)10-11)17-15(19-5)16-7-6-8-18-4;/h9-10H,6-8H2,1-5H3,(H,16,17);1H. The second-order valence-electron chi connectivity index (χ2n) is 4.64. The van der Waals surface area contributed by atoms with Crippen LogP contribution >= 0.6 is 35.7 Å². The number of thioether (sulfide) groups is 1. The molecule has 0 amide bonds. The Morgan fingerprint density at radius 1 is 1.25 bits per heavy atom. The van der Waals surface area contributed by atoms with Gasteiger partial charge in [-0.3, -0.25) is 4.99 Å². The van der Waals surface area contributed by atoms with E-state index >= 15 is 0 Å². The molecule has 1 aromatic rings. The summed E-state index contributed by atoms with van der Waals surface area (Å²) in [6.07, 6.45) is 3.00. The summed E-state index contributed by atoms with van der Waals surface area (Å²) in [4.78, 5) is 4.57. The quantitative estimate of drug-likeness (QED) is 0.340. The van der Waals surface area contributed by atoms with Crippen molar-refractivity contribution < 1.29 is 4.74 Å². The number of nitrogens with zero attached hydrogens (tertiary/aromatic N) is 1. The fourth-order valence-electron chi connectivity index (χ4n) is 2.03. The third-order valence-corrected chi connectivity index (χ3v) is 3.48. The summed E-state index contributed by atoms with van der Waals surface area (Å²) in [5.74, 6) is 0. The molecule has 5 heteroatoms. The molecule has 0 atom stereocenters. The van der Waals surface area contributed by atoms with Gasteiger partial charge in [0.25, 0.3) is 0 Å². The molecule has 0 aliphatic heterocycles. The van der Waals surface area contributed by atoms with Crippen molar-refractivity contribution in [3.8, 4) is 0 Å². The van der Waals surface area contributed by atoms with Gasteiger partial charge in [-0.2, -0.15) is 0 Å². The van der Waals surface area contributed by atoms with Gasteiger partial charge in [0.1, 0.15) is 0 Å². The molecule has 0 heterocycles. The summed E-state index contributed by atoms with van der Waals surface area (Å²) < 4.78 is 5.03. The highest BCUT2D eigenvalue weighted by molar-refractivity contribution is 14.0. The Kier molecular flexibility index (Phi) is 10.3. The molecule has 0 saturated heterocycles. The highest BCUT2D eigenvalue weighted by atomic mass is 127. The van der Waals surface area contributed by atoms with Gasteiger partial charge in [0.2, 0.25) is 0 Å². The van der Waals surface area contributed by atoms with E-state index in [1.54, 1.807) is 18.9 Å². The van der Waals surface area contributed by atoms with E-state index in [2.05, 4.69) is 43.2 Å². The summed E-state index contributed by atoms with van der Waals surface area (Å²) in [6.45, 7) is 7.93. The third kappa shape index (κ3) is 6.45. The number of benzene rings is 1. The van der Waals surface area contributed by atoms with Crippen LogP contribution in [-0.4, -0.2) is 31.7 Å². The van der Waals surface area contributed by atoms with Crippen molar-refractivity contribution >= 4 is 46.6 Å². The van der Waals surface area contributed by atoms with Gasteiger partial charge in [-0.1, -0.05) is 29.5 Å². The topological polar surface area (TPSA) is 33.6 Å². The Morgan fingerprint density at radius 2 is 1.85 bits per heavy atom. The molecule has 0 fully saturated rings.